The van der Waals surface area contributed by atoms with Gasteiger partial charge in [0, 0.05) is 0 Å². The molecule has 90 valence electrons. The highest BCUT2D eigenvalue weighted by atomic mass is 16.3. The number of hydrogen-bond acceptors (Lipinski definition) is 2. The molecule has 0 aromatic heterocycles. The fourth-order valence-electron chi connectivity index (χ4n) is 2.95. The van der Waals surface area contributed by atoms with Crippen LogP contribution in [0.15, 0.2) is 0 Å². The maximum Gasteiger partial charge on any atom is 0.0611 e. The van der Waals surface area contributed by atoms with Gasteiger partial charge in [-0.1, -0.05) is 33.6 Å². The number of rotatable bonds is 4. The van der Waals surface area contributed by atoms with Gasteiger partial charge in [-0.05, 0) is 43.1 Å². The van der Waals surface area contributed by atoms with Crippen molar-refractivity contribution in [2.45, 2.75) is 52.6 Å². The molecule has 0 heterocycles. The Bertz CT molecular complexity index is 181. The second-order valence-corrected chi connectivity index (χ2v) is 5.67. The van der Waals surface area contributed by atoms with Crippen molar-refractivity contribution >= 4 is 0 Å². The number of nitrogens with two attached hydrogens (primary N) is 1. The van der Waals surface area contributed by atoms with Gasteiger partial charge in [-0.25, -0.2) is 0 Å². The molecule has 0 aliphatic heterocycles. The zero-order valence-electron chi connectivity index (χ0n) is 10.4. The van der Waals surface area contributed by atoms with Crippen LogP contribution in [-0.4, -0.2) is 17.8 Å². The molecule has 0 aromatic carbocycles. The highest BCUT2D eigenvalue weighted by molar-refractivity contribution is 4.82. The lowest BCUT2D eigenvalue weighted by Gasteiger charge is -2.35. The van der Waals surface area contributed by atoms with Gasteiger partial charge in [-0.2, -0.15) is 0 Å². The van der Waals surface area contributed by atoms with Crippen molar-refractivity contribution in [3.05, 3.63) is 0 Å². The van der Waals surface area contributed by atoms with Gasteiger partial charge in [-0.15, -0.1) is 0 Å². The van der Waals surface area contributed by atoms with Crippen LogP contribution in [0.4, 0.5) is 0 Å². The van der Waals surface area contributed by atoms with E-state index in [1.54, 1.807) is 0 Å². The van der Waals surface area contributed by atoms with E-state index in [-0.39, 0.29) is 12.0 Å². The van der Waals surface area contributed by atoms with Crippen molar-refractivity contribution in [2.24, 2.45) is 29.4 Å². The van der Waals surface area contributed by atoms with Gasteiger partial charge in [0.1, 0.15) is 0 Å². The Balaban J connectivity index is 2.53. The maximum atomic E-state index is 10.3. The van der Waals surface area contributed by atoms with Gasteiger partial charge in [0.2, 0.25) is 0 Å². The maximum absolute atomic E-state index is 10.3. The summed E-state index contributed by atoms with van der Waals surface area (Å²) in [6, 6.07) is 0. The Morgan fingerprint density at radius 3 is 2.47 bits per heavy atom. The monoisotopic (exact) mass is 213 g/mol. The van der Waals surface area contributed by atoms with Gasteiger partial charge < -0.3 is 10.8 Å². The molecule has 1 aliphatic rings. The van der Waals surface area contributed by atoms with Crippen LogP contribution in [0.1, 0.15) is 46.5 Å². The number of aliphatic hydroxyl groups is 1. The molecule has 0 radical (unpaired) electrons. The third kappa shape index (κ3) is 3.46. The Morgan fingerprint density at radius 1 is 1.33 bits per heavy atom. The molecule has 1 saturated carbocycles. The van der Waals surface area contributed by atoms with E-state index >= 15 is 0 Å². The van der Waals surface area contributed by atoms with E-state index in [4.69, 9.17) is 5.73 Å². The van der Waals surface area contributed by atoms with Crippen molar-refractivity contribution < 1.29 is 5.11 Å². The molecule has 0 bridgehead atoms. The average Bonchev–Trinajstić information content (AvgIpc) is 2.18. The second kappa shape index (κ2) is 5.86. The Kier molecular flexibility index (Phi) is 5.07. The Morgan fingerprint density at radius 2 is 2.00 bits per heavy atom. The zero-order chi connectivity index (χ0) is 11.4. The smallest absolute Gasteiger partial charge is 0.0611 e. The molecular formula is C13H27NO. The number of hydrogen-bond donors (Lipinski definition) is 2. The first-order valence-electron chi connectivity index (χ1n) is 6.44. The minimum atomic E-state index is -0.183. The lowest BCUT2D eigenvalue weighted by Crippen LogP contribution is -2.39. The van der Waals surface area contributed by atoms with E-state index in [1.807, 2.05) is 0 Å². The molecule has 0 saturated heterocycles. The summed E-state index contributed by atoms with van der Waals surface area (Å²) in [5.74, 6) is 2.04. The van der Waals surface area contributed by atoms with E-state index in [9.17, 15) is 5.11 Å². The highest BCUT2D eigenvalue weighted by Gasteiger charge is 2.31. The van der Waals surface area contributed by atoms with E-state index in [1.165, 1.54) is 25.7 Å². The third-order valence-corrected chi connectivity index (χ3v) is 4.03. The van der Waals surface area contributed by atoms with Crippen LogP contribution in [0.3, 0.4) is 0 Å². The first kappa shape index (κ1) is 13.0. The predicted molar refractivity (Wildman–Crippen MR) is 64.5 cm³/mol. The summed E-state index contributed by atoms with van der Waals surface area (Å²) in [4.78, 5) is 0. The summed E-state index contributed by atoms with van der Waals surface area (Å²) >= 11 is 0. The lowest BCUT2D eigenvalue weighted by atomic mass is 9.74. The van der Waals surface area contributed by atoms with Crippen LogP contribution in [0, 0.1) is 23.7 Å². The van der Waals surface area contributed by atoms with E-state index in [0.717, 1.165) is 5.92 Å². The molecule has 3 N–H and O–H groups in total. The van der Waals surface area contributed by atoms with E-state index < -0.39 is 0 Å². The highest BCUT2D eigenvalue weighted by Crippen LogP contribution is 2.34. The summed E-state index contributed by atoms with van der Waals surface area (Å²) < 4.78 is 0. The molecule has 4 unspecified atom stereocenters. The van der Waals surface area contributed by atoms with Crippen LogP contribution in [0.5, 0.6) is 0 Å². The largest absolute Gasteiger partial charge is 0.392 e. The third-order valence-electron chi connectivity index (χ3n) is 4.03. The Labute approximate surface area is 94.2 Å². The average molecular weight is 213 g/mol. The normalized spacial score (nSPS) is 31.6. The second-order valence-electron chi connectivity index (χ2n) is 5.67. The van der Waals surface area contributed by atoms with Crippen LogP contribution in [0.25, 0.3) is 0 Å². The van der Waals surface area contributed by atoms with Crippen LogP contribution >= 0.6 is 0 Å². The quantitative estimate of drug-likeness (QED) is 0.753. The standard InChI is InChI=1S/C13H27NO/c1-9(2)12(8-14)13(15)11-6-4-5-10(3)7-11/h9-13,15H,4-8,14H2,1-3H3. The zero-order valence-corrected chi connectivity index (χ0v) is 10.4. The van der Waals surface area contributed by atoms with Gasteiger partial charge >= 0.3 is 0 Å². The number of aliphatic hydroxyl groups excluding tert-OH is 1. The molecule has 0 amide bonds. The first-order valence-corrected chi connectivity index (χ1v) is 6.44. The molecule has 0 aromatic rings. The predicted octanol–water partition coefficient (Wildman–Crippen LogP) is 2.40. The topological polar surface area (TPSA) is 46.2 Å². The van der Waals surface area contributed by atoms with Crippen molar-refractivity contribution in [3.8, 4) is 0 Å². The molecule has 2 nitrogen and oxygen atoms in total. The molecule has 2 heteroatoms. The molecule has 0 spiro atoms. The summed E-state index contributed by atoms with van der Waals surface area (Å²) in [6.45, 7) is 7.23. The van der Waals surface area contributed by atoms with Crippen molar-refractivity contribution in [3.63, 3.8) is 0 Å². The molecule has 1 fully saturated rings. The minimum Gasteiger partial charge on any atom is -0.392 e. The molecule has 1 rings (SSSR count). The van der Waals surface area contributed by atoms with Crippen LogP contribution in [-0.2, 0) is 0 Å². The Hall–Kier alpha value is -0.0800. The van der Waals surface area contributed by atoms with Crippen LogP contribution < -0.4 is 5.73 Å². The minimum absolute atomic E-state index is 0.183. The van der Waals surface area contributed by atoms with E-state index in [2.05, 4.69) is 20.8 Å². The molecular weight excluding hydrogens is 186 g/mol. The van der Waals surface area contributed by atoms with Crippen molar-refractivity contribution in [1.29, 1.82) is 0 Å². The lowest BCUT2D eigenvalue weighted by molar-refractivity contribution is 0.0106. The fraction of sp³-hybridized carbons (Fsp3) is 1.00. The molecule has 4 atom stereocenters. The SMILES string of the molecule is CC1CCCC(C(O)C(CN)C(C)C)C1. The molecule has 1 aliphatic carbocycles. The van der Waals surface area contributed by atoms with Gasteiger partial charge in [0.05, 0.1) is 6.10 Å². The van der Waals surface area contributed by atoms with Gasteiger partial charge in [0.15, 0.2) is 0 Å². The molecule has 15 heavy (non-hydrogen) atoms. The summed E-state index contributed by atoms with van der Waals surface area (Å²) in [6.07, 6.45) is 4.80. The van der Waals surface area contributed by atoms with Gasteiger partial charge in [-0.3, -0.25) is 0 Å². The fourth-order valence-corrected chi connectivity index (χ4v) is 2.95. The summed E-state index contributed by atoms with van der Waals surface area (Å²) in [5.41, 5.74) is 5.76. The van der Waals surface area contributed by atoms with Gasteiger partial charge in [0.25, 0.3) is 0 Å². The summed E-state index contributed by atoms with van der Waals surface area (Å²) in [7, 11) is 0. The van der Waals surface area contributed by atoms with Crippen LogP contribution in [0.2, 0.25) is 0 Å². The van der Waals surface area contributed by atoms with Crippen molar-refractivity contribution in [2.75, 3.05) is 6.54 Å². The van der Waals surface area contributed by atoms with Crippen molar-refractivity contribution in [1.82, 2.24) is 0 Å². The van der Waals surface area contributed by atoms with E-state index in [0.29, 0.717) is 18.4 Å². The summed E-state index contributed by atoms with van der Waals surface area (Å²) in [5, 5.41) is 10.3. The first-order chi connectivity index (χ1) is 7.06.